The Morgan fingerprint density at radius 2 is 2.13 bits per heavy atom. The van der Waals surface area contributed by atoms with Crippen molar-refractivity contribution in [3.8, 4) is 12.3 Å². The fourth-order valence-electron chi connectivity index (χ4n) is 1.85. The summed E-state index contributed by atoms with van der Waals surface area (Å²) in [5.74, 6) is 2.47. The fraction of sp³-hybridized carbons (Fsp3) is 0.833. The molecule has 1 fully saturated rings. The molecule has 0 aliphatic heterocycles. The minimum Gasteiger partial charge on any atom is -0.389 e. The highest BCUT2D eigenvalue weighted by Crippen LogP contribution is 2.20. The van der Waals surface area contributed by atoms with Gasteiger partial charge in [0.2, 0.25) is 0 Å². The average molecular weight is 211 g/mol. The zero-order valence-electron chi connectivity index (χ0n) is 9.24. The van der Waals surface area contributed by atoms with Crippen LogP contribution in [0.15, 0.2) is 0 Å². The van der Waals surface area contributed by atoms with Crippen molar-refractivity contribution in [2.24, 2.45) is 0 Å². The largest absolute Gasteiger partial charge is 0.389 e. The first kappa shape index (κ1) is 12.5. The summed E-state index contributed by atoms with van der Waals surface area (Å²) in [5, 5.41) is 12.5. The van der Waals surface area contributed by atoms with Crippen molar-refractivity contribution >= 4 is 0 Å². The Hall–Kier alpha value is -0.560. The lowest BCUT2D eigenvalue weighted by Gasteiger charge is -2.23. The van der Waals surface area contributed by atoms with E-state index in [1.54, 1.807) is 0 Å². The lowest BCUT2D eigenvalue weighted by Crippen LogP contribution is -2.32. The van der Waals surface area contributed by atoms with Gasteiger partial charge in [-0.25, -0.2) is 0 Å². The molecule has 0 aromatic heterocycles. The summed E-state index contributed by atoms with van der Waals surface area (Å²) in [6.07, 6.45) is 11.1. The number of aliphatic hydroxyl groups is 1. The first-order chi connectivity index (χ1) is 7.33. The van der Waals surface area contributed by atoms with Crippen molar-refractivity contribution in [3.05, 3.63) is 0 Å². The van der Waals surface area contributed by atoms with Gasteiger partial charge in [-0.1, -0.05) is 25.2 Å². The molecule has 0 heterocycles. The van der Waals surface area contributed by atoms with Crippen LogP contribution in [-0.4, -0.2) is 37.0 Å². The van der Waals surface area contributed by atoms with E-state index in [0.717, 1.165) is 12.8 Å². The zero-order valence-corrected chi connectivity index (χ0v) is 9.24. The fourth-order valence-corrected chi connectivity index (χ4v) is 1.85. The average Bonchev–Trinajstić information content (AvgIpc) is 2.28. The lowest BCUT2D eigenvalue weighted by molar-refractivity contribution is -0.0226. The van der Waals surface area contributed by atoms with E-state index in [9.17, 15) is 5.11 Å². The summed E-state index contributed by atoms with van der Waals surface area (Å²) in [6, 6.07) is 0. The maximum absolute atomic E-state index is 9.55. The normalized spacial score (nSPS) is 19.7. The van der Waals surface area contributed by atoms with Gasteiger partial charge in [-0.15, -0.1) is 6.42 Å². The Balaban J connectivity index is 2.00. The molecule has 0 radical (unpaired) electrons. The molecule has 3 nitrogen and oxygen atoms in total. The highest BCUT2D eigenvalue weighted by molar-refractivity contribution is 4.86. The van der Waals surface area contributed by atoms with Crippen LogP contribution in [0.3, 0.4) is 0 Å². The first-order valence-corrected chi connectivity index (χ1v) is 5.76. The van der Waals surface area contributed by atoms with Gasteiger partial charge >= 0.3 is 0 Å². The Morgan fingerprint density at radius 3 is 2.80 bits per heavy atom. The van der Waals surface area contributed by atoms with Crippen molar-refractivity contribution in [2.45, 2.75) is 44.3 Å². The Kier molecular flexibility index (Phi) is 6.42. The second-order valence-corrected chi connectivity index (χ2v) is 4.08. The van der Waals surface area contributed by atoms with Gasteiger partial charge in [0, 0.05) is 6.54 Å². The summed E-state index contributed by atoms with van der Waals surface area (Å²) in [5.41, 5.74) is 0. The highest BCUT2D eigenvalue weighted by Gasteiger charge is 2.15. The molecule has 1 rings (SSSR count). The zero-order chi connectivity index (χ0) is 10.9. The van der Waals surface area contributed by atoms with Crippen molar-refractivity contribution in [1.82, 2.24) is 5.32 Å². The molecule has 1 unspecified atom stereocenters. The van der Waals surface area contributed by atoms with Crippen LogP contribution in [0.25, 0.3) is 0 Å². The van der Waals surface area contributed by atoms with Gasteiger partial charge in [-0.2, -0.15) is 0 Å². The molecular formula is C12H21NO2. The van der Waals surface area contributed by atoms with Crippen LogP contribution in [-0.2, 0) is 4.74 Å². The number of hydrogen-bond donors (Lipinski definition) is 2. The van der Waals surface area contributed by atoms with E-state index in [1.165, 1.54) is 19.3 Å². The summed E-state index contributed by atoms with van der Waals surface area (Å²) in [4.78, 5) is 0. The molecule has 0 spiro atoms. The molecular weight excluding hydrogens is 190 g/mol. The first-order valence-electron chi connectivity index (χ1n) is 5.76. The van der Waals surface area contributed by atoms with Gasteiger partial charge in [0.1, 0.15) is 0 Å². The van der Waals surface area contributed by atoms with Crippen molar-refractivity contribution in [3.63, 3.8) is 0 Å². The van der Waals surface area contributed by atoms with Gasteiger partial charge in [-0.05, 0) is 12.8 Å². The van der Waals surface area contributed by atoms with Crippen LogP contribution in [0.1, 0.15) is 32.1 Å². The van der Waals surface area contributed by atoms with Crippen LogP contribution >= 0.6 is 0 Å². The summed E-state index contributed by atoms with van der Waals surface area (Å²) in [6.45, 7) is 1.43. The van der Waals surface area contributed by atoms with Crippen molar-refractivity contribution in [2.75, 3.05) is 19.7 Å². The van der Waals surface area contributed by atoms with Gasteiger partial charge in [0.15, 0.2) is 0 Å². The Bertz CT molecular complexity index is 194. The number of ether oxygens (including phenoxy) is 1. The monoisotopic (exact) mass is 211 g/mol. The van der Waals surface area contributed by atoms with Crippen LogP contribution < -0.4 is 5.32 Å². The van der Waals surface area contributed by atoms with E-state index in [0.29, 0.717) is 25.8 Å². The van der Waals surface area contributed by atoms with Crippen LogP contribution in [0.2, 0.25) is 0 Å². The standard InChI is InChI=1S/C12H21NO2/c1-2-8-13-9-11(14)10-15-12-6-4-3-5-7-12/h1,11-14H,3-10H2. The molecule has 15 heavy (non-hydrogen) atoms. The second kappa shape index (κ2) is 7.70. The molecule has 1 aliphatic carbocycles. The number of terminal acetylenes is 1. The molecule has 0 amide bonds. The van der Waals surface area contributed by atoms with E-state index < -0.39 is 6.10 Å². The van der Waals surface area contributed by atoms with E-state index in [1.807, 2.05) is 0 Å². The lowest BCUT2D eigenvalue weighted by atomic mass is 9.98. The third-order valence-electron chi connectivity index (χ3n) is 2.68. The quantitative estimate of drug-likeness (QED) is 0.507. The van der Waals surface area contributed by atoms with Crippen LogP contribution in [0, 0.1) is 12.3 Å². The maximum Gasteiger partial charge on any atom is 0.0898 e. The molecule has 0 aromatic carbocycles. The number of nitrogens with one attached hydrogen (secondary N) is 1. The molecule has 3 heteroatoms. The number of hydrogen-bond acceptors (Lipinski definition) is 3. The van der Waals surface area contributed by atoms with Gasteiger partial charge in [-0.3, -0.25) is 0 Å². The Morgan fingerprint density at radius 1 is 1.40 bits per heavy atom. The van der Waals surface area contributed by atoms with E-state index in [2.05, 4.69) is 11.2 Å². The van der Waals surface area contributed by atoms with E-state index in [-0.39, 0.29) is 0 Å². The molecule has 0 bridgehead atoms. The predicted octanol–water partition coefficient (Wildman–Crippen LogP) is 0.919. The Labute approximate surface area is 92.2 Å². The van der Waals surface area contributed by atoms with Gasteiger partial charge < -0.3 is 15.2 Å². The maximum atomic E-state index is 9.55. The molecule has 2 N–H and O–H groups in total. The number of rotatable bonds is 6. The molecule has 0 aromatic rings. The topological polar surface area (TPSA) is 41.5 Å². The molecule has 86 valence electrons. The molecule has 1 saturated carbocycles. The van der Waals surface area contributed by atoms with Gasteiger partial charge in [0.05, 0.1) is 25.4 Å². The minimum absolute atomic E-state index is 0.362. The second-order valence-electron chi connectivity index (χ2n) is 4.08. The van der Waals surface area contributed by atoms with E-state index >= 15 is 0 Å². The SMILES string of the molecule is C#CCNCC(O)COC1CCCCC1. The third kappa shape index (κ3) is 5.78. The number of aliphatic hydroxyl groups excluding tert-OH is 1. The van der Waals surface area contributed by atoms with Gasteiger partial charge in [0.25, 0.3) is 0 Å². The molecule has 1 atom stereocenters. The molecule has 0 saturated heterocycles. The minimum atomic E-state index is -0.444. The smallest absolute Gasteiger partial charge is 0.0898 e. The van der Waals surface area contributed by atoms with Crippen molar-refractivity contribution < 1.29 is 9.84 Å². The third-order valence-corrected chi connectivity index (χ3v) is 2.68. The van der Waals surface area contributed by atoms with E-state index in [4.69, 9.17) is 11.2 Å². The highest BCUT2D eigenvalue weighted by atomic mass is 16.5. The van der Waals surface area contributed by atoms with Crippen LogP contribution in [0.5, 0.6) is 0 Å². The summed E-state index contributed by atoms with van der Waals surface area (Å²) >= 11 is 0. The van der Waals surface area contributed by atoms with Crippen LogP contribution in [0.4, 0.5) is 0 Å². The summed E-state index contributed by atoms with van der Waals surface area (Å²) in [7, 11) is 0. The summed E-state index contributed by atoms with van der Waals surface area (Å²) < 4.78 is 5.63. The van der Waals surface area contributed by atoms with Crippen molar-refractivity contribution in [1.29, 1.82) is 0 Å². The molecule has 1 aliphatic rings. The predicted molar refractivity (Wildman–Crippen MR) is 60.5 cm³/mol.